The van der Waals surface area contributed by atoms with Crippen LogP contribution in [0.2, 0.25) is 0 Å². The second-order valence-electron chi connectivity index (χ2n) is 5.75. The maximum atomic E-state index is 12.8. The number of hydrogen-bond donors (Lipinski definition) is 0. The predicted octanol–water partition coefficient (Wildman–Crippen LogP) is 1.84. The normalized spacial score (nSPS) is 22.3. The quantitative estimate of drug-likeness (QED) is 0.830. The highest BCUT2D eigenvalue weighted by Gasteiger charge is 2.30. The molecule has 0 aromatic carbocycles. The molecule has 1 aliphatic heterocycles. The van der Waals surface area contributed by atoms with Crippen molar-refractivity contribution in [1.82, 2.24) is 9.88 Å². The molecule has 2 fully saturated rings. The highest BCUT2D eigenvalue weighted by Crippen LogP contribution is 2.39. The Labute approximate surface area is 125 Å². The molecule has 21 heavy (non-hydrogen) atoms. The van der Waals surface area contributed by atoms with Crippen LogP contribution in [0.1, 0.15) is 41.2 Å². The van der Waals surface area contributed by atoms with Crippen LogP contribution in [0.5, 0.6) is 0 Å². The first-order valence-corrected chi connectivity index (χ1v) is 7.63. The number of rotatable bonds is 5. The van der Waals surface area contributed by atoms with Crippen LogP contribution < -0.4 is 0 Å². The van der Waals surface area contributed by atoms with E-state index >= 15 is 0 Å². The molecule has 1 saturated carbocycles. The number of morpholine rings is 1. The van der Waals surface area contributed by atoms with E-state index in [1.54, 1.807) is 13.3 Å². The number of amides is 1. The minimum Gasteiger partial charge on any atom is -0.385 e. The lowest BCUT2D eigenvalue weighted by Crippen LogP contribution is -2.49. The molecule has 1 amide bonds. The average Bonchev–Trinajstić information content (AvgIpc) is 3.37. The molecule has 5 nitrogen and oxygen atoms in total. The van der Waals surface area contributed by atoms with Gasteiger partial charge in [-0.15, -0.1) is 0 Å². The van der Waals surface area contributed by atoms with Crippen LogP contribution in [0.3, 0.4) is 0 Å². The molecule has 3 rings (SSSR count). The summed E-state index contributed by atoms with van der Waals surface area (Å²) in [6, 6.07) is 3.88. The van der Waals surface area contributed by atoms with E-state index in [0.717, 1.165) is 17.7 Å². The van der Waals surface area contributed by atoms with Gasteiger partial charge in [-0.05, 0) is 31.4 Å². The van der Waals surface area contributed by atoms with E-state index in [-0.39, 0.29) is 11.9 Å². The Hall–Kier alpha value is -1.46. The van der Waals surface area contributed by atoms with Crippen molar-refractivity contribution in [2.75, 3.05) is 33.5 Å². The molecular formula is C16H22N2O3. The summed E-state index contributed by atoms with van der Waals surface area (Å²) in [4.78, 5) is 19.1. The van der Waals surface area contributed by atoms with E-state index in [1.165, 1.54) is 12.8 Å². The molecule has 1 aromatic heterocycles. The largest absolute Gasteiger partial charge is 0.385 e. The van der Waals surface area contributed by atoms with Gasteiger partial charge in [0.1, 0.15) is 0 Å². The summed E-state index contributed by atoms with van der Waals surface area (Å²) in [6.45, 7) is 2.49. The fourth-order valence-electron chi connectivity index (χ4n) is 2.76. The first-order valence-electron chi connectivity index (χ1n) is 7.63. The Bertz CT molecular complexity index is 502. The zero-order valence-electron chi connectivity index (χ0n) is 12.5. The van der Waals surface area contributed by atoms with Crippen LogP contribution in [-0.2, 0) is 9.47 Å². The van der Waals surface area contributed by atoms with Crippen LogP contribution in [0.15, 0.2) is 18.3 Å². The molecule has 0 spiro atoms. The lowest BCUT2D eigenvalue weighted by atomic mass is 10.1. The number of hydrogen-bond acceptors (Lipinski definition) is 4. The van der Waals surface area contributed by atoms with E-state index in [9.17, 15) is 4.79 Å². The maximum Gasteiger partial charge on any atom is 0.254 e. The Kier molecular flexibility index (Phi) is 4.51. The van der Waals surface area contributed by atoms with Crippen LogP contribution in [0.4, 0.5) is 0 Å². The predicted molar refractivity (Wildman–Crippen MR) is 78.3 cm³/mol. The zero-order valence-corrected chi connectivity index (χ0v) is 12.5. The molecule has 2 aliphatic rings. The summed E-state index contributed by atoms with van der Waals surface area (Å²) in [6.07, 6.45) is 4.95. The smallest absolute Gasteiger partial charge is 0.254 e. The van der Waals surface area contributed by atoms with Gasteiger partial charge >= 0.3 is 0 Å². The van der Waals surface area contributed by atoms with Crippen molar-refractivity contribution in [1.29, 1.82) is 0 Å². The van der Waals surface area contributed by atoms with Crippen molar-refractivity contribution < 1.29 is 14.3 Å². The summed E-state index contributed by atoms with van der Waals surface area (Å²) in [5.41, 5.74) is 1.80. The summed E-state index contributed by atoms with van der Waals surface area (Å²) < 4.78 is 10.6. The molecule has 1 unspecified atom stereocenters. The van der Waals surface area contributed by atoms with Gasteiger partial charge in [-0.2, -0.15) is 0 Å². The molecular weight excluding hydrogens is 268 g/mol. The number of nitrogens with zero attached hydrogens (tertiary/aromatic N) is 2. The Morgan fingerprint density at radius 1 is 1.52 bits per heavy atom. The third-order valence-corrected chi connectivity index (χ3v) is 4.17. The van der Waals surface area contributed by atoms with Crippen molar-refractivity contribution in [3.63, 3.8) is 0 Å². The van der Waals surface area contributed by atoms with Crippen molar-refractivity contribution in [3.8, 4) is 0 Å². The zero-order chi connectivity index (χ0) is 14.7. The molecule has 114 valence electrons. The summed E-state index contributed by atoms with van der Waals surface area (Å²) in [5, 5.41) is 0. The molecule has 1 atom stereocenters. The standard InChI is InChI=1S/C16H22N2O3/c1-20-8-5-14-11-21-9-7-18(14)16(19)13-4-6-17-15(10-13)12-2-3-12/h4,6,10,12,14H,2-3,5,7-9,11H2,1H3. The Morgan fingerprint density at radius 2 is 2.38 bits per heavy atom. The first-order chi connectivity index (χ1) is 10.3. The van der Waals surface area contributed by atoms with E-state index in [1.807, 2.05) is 17.0 Å². The van der Waals surface area contributed by atoms with Crippen molar-refractivity contribution >= 4 is 5.91 Å². The lowest BCUT2D eigenvalue weighted by molar-refractivity contribution is -0.0104. The highest BCUT2D eigenvalue weighted by atomic mass is 16.5. The summed E-state index contributed by atoms with van der Waals surface area (Å²) in [7, 11) is 1.68. The van der Waals surface area contributed by atoms with Gasteiger partial charge in [-0.3, -0.25) is 9.78 Å². The van der Waals surface area contributed by atoms with Gasteiger partial charge in [-0.25, -0.2) is 0 Å². The molecule has 0 N–H and O–H groups in total. The maximum absolute atomic E-state index is 12.8. The molecule has 1 saturated heterocycles. The van der Waals surface area contributed by atoms with Crippen molar-refractivity contribution in [3.05, 3.63) is 29.6 Å². The summed E-state index contributed by atoms with van der Waals surface area (Å²) in [5.74, 6) is 0.649. The van der Waals surface area contributed by atoms with Crippen LogP contribution in [0, 0.1) is 0 Å². The van der Waals surface area contributed by atoms with E-state index in [0.29, 0.717) is 32.3 Å². The molecule has 2 heterocycles. The van der Waals surface area contributed by atoms with Gasteiger partial charge in [0.25, 0.3) is 5.91 Å². The number of aromatic nitrogens is 1. The Morgan fingerprint density at radius 3 is 3.14 bits per heavy atom. The van der Waals surface area contributed by atoms with Gasteiger partial charge < -0.3 is 14.4 Å². The lowest BCUT2D eigenvalue weighted by Gasteiger charge is -2.35. The molecule has 5 heteroatoms. The number of ether oxygens (including phenoxy) is 2. The Balaban J connectivity index is 1.73. The topological polar surface area (TPSA) is 51.7 Å². The third-order valence-electron chi connectivity index (χ3n) is 4.17. The first kappa shape index (κ1) is 14.5. The molecule has 0 radical (unpaired) electrons. The summed E-state index contributed by atoms with van der Waals surface area (Å²) >= 11 is 0. The second kappa shape index (κ2) is 6.54. The number of carbonyl (C=O) groups is 1. The minimum atomic E-state index is 0.0868. The number of methoxy groups -OCH3 is 1. The number of pyridine rings is 1. The van der Waals surface area contributed by atoms with Crippen molar-refractivity contribution in [2.45, 2.75) is 31.2 Å². The SMILES string of the molecule is COCCC1COCCN1C(=O)c1ccnc(C2CC2)c1. The molecule has 1 aliphatic carbocycles. The van der Waals surface area contributed by atoms with Crippen LogP contribution >= 0.6 is 0 Å². The monoisotopic (exact) mass is 290 g/mol. The van der Waals surface area contributed by atoms with Crippen molar-refractivity contribution in [2.24, 2.45) is 0 Å². The minimum absolute atomic E-state index is 0.0868. The van der Waals surface area contributed by atoms with Crippen LogP contribution in [0.25, 0.3) is 0 Å². The van der Waals surface area contributed by atoms with E-state index in [4.69, 9.17) is 9.47 Å². The molecule has 0 bridgehead atoms. The number of carbonyl (C=O) groups excluding carboxylic acids is 1. The van der Waals surface area contributed by atoms with Gasteiger partial charge in [0.15, 0.2) is 0 Å². The fourth-order valence-corrected chi connectivity index (χ4v) is 2.76. The third kappa shape index (κ3) is 3.41. The van der Waals surface area contributed by atoms with Gasteiger partial charge in [0, 0.05) is 43.6 Å². The van der Waals surface area contributed by atoms with E-state index in [2.05, 4.69) is 4.98 Å². The molecule has 1 aromatic rings. The fraction of sp³-hybridized carbons (Fsp3) is 0.625. The van der Waals surface area contributed by atoms with Gasteiger partial charge in [-0.1, -0.05) is 0 Å². The van der Waals surface area contributed by atoms with Gasteiger partial charge in [0.2, 0.25) is 0 Å². The van der Waals surface area contributed by atoms with E-state index < -0.39 is 0 Å². The average molecular weight is 290 g/mol. The second-order valence-corrected chi connectivity index (χ2v) is 5.75. The van der Waals surface area contributed by atoms with Gasteiger partial charge in [0.05, 0.1) is 19.3 Å². The highest BCUT2D eigenvalue weighted by molar-refractivity contribution is 5.94. The van der Waals surface area contributed by atoms with Crippen LogP contribution in [-0.4, -0.2) is 55.3 Å².